The van der Waals surface area contributed by atoms with Crippen molar-refractivity contribution in [2.45, 2.75) is 52.0 Å². The highest BCUT2D eigenvalue weighted by atomic mass is 32.2. The Morgan fingerprint density at radius 2 is 1.70 bits per heavy atom. The van der Waals surface area contributed by atoms with Crippen molar-refractivity contribution in [1.82, 2.24) is 5.32 Å². The Kier molecular flexibility index (Phi) is 8.81. The molecule has 9 nitrogen and oxygen atoms in total. The number of rotatable bonds is 9. The van der Waals surface area contributed by atoms with Crippen LogP contribution in [-0.4, -0.2) is 52.8 Å². The maximum atomic E-state index is 13.3. The number of benzene rings is 2. The van der Waals surface area contributed by atoms with Gasteiger partial charge in [-0.3, -0.25) is 18.6 Å². The molecule has 0 spiro atoms. The molecule has 0 aromatic heterocycles. The number of nitrogens with zero attached hydrogens (tertiary/aromatic N) is 1. The van der Waals surface area contributed by atoms with Crippen molar-refractivity contribution in [3.05, 3.63) is 47.5 Å². The largest absolute Gasteiger partial charge is 0.454 e. The molecule has 2 N–H and O–H groups in total. The third-order valence-corrected chi connectivity index (χ3v) is 7.61. The van der Waals surface area contributed by atoms with Gasteiger partial charge in [-0.1, -0.05) is 31.4 Å². The van der Waals surface area contributed by atoms with E-state index in [-0.39, 0.29) is 36.8 Å². The average molecular weight is 528 g/mol. The van der Waals surface area contributed by atoms with Crippen molar-refractivity contribution >= 4 is 39.9 Å². The number of anilines is 2. The van der Waals surface area contributed by atoms with E-state index in [4.69, 9.17) is 9.47 Å². The lowest BCUT2D eigenvalue weighted by Crippen LogP contribution is -2.46. The van der Waals surface area contributed by atoms with Gasteiger partial charge >= 0.3 is 0 Å². The fourth-order valence-corrected chi connectivity index (χ4v) is 5.46. The first kappa shape index (κ1) is 26.7. The van der Waals surface area contributed by atoms with Crippen LogP contribution in [0.2, 0.25) is 0 Å². The van der Waals surface area contributed by atoms with Crippen molar-refractivity contribution < 1.29 is 28.1 Å². The molecule has 1 aliphatic heterocycles. The molecular weight excluding hydrogens is 494 g/mol. The Balaban J connectivity index is 1.39. The first-order valence-corrected chi connectivity index (χ1v) is 14.0. The number of hydrogen-bond acceptors (Lipinski definition) is 6. The van der Waals surface area contributed by atoms with Crippen molar-refractivity contribution in [2.75, 3.05) is 35.1 Å². The predicted molar refractivity (Wildman–Crippen MR) is 142 cm³/mol. The van der Waals surface area contributed by atoms with Gasteiger partial charge in [0.1, 0.15) is 18.1 Å². The summed E-state index contributed by atoms with van der Waals surface area (Å²) in [6.07, 6.45) is 5.21. The van der Waals surface area contributed by atoms with Gasteiger partial charge in [0.05, 0.1) is 0 Å². The zero-order chi connectivity index (χ0) is 26.4. The van der Waals surface area contributed by atoms with Crippen molar-refractivity contribution in [3.63, 3.8) is 0 Å². The van der Waals surface area contributed by atoms with E-state index in [2.05, 4.69) is 10.6 Å². The summed E-state index contributed by atoms with van der Waals surface area (Å²) in [7, 11) is -1.77. The second kappa shape index (κ2) is 12.2. The molecule has 10 heteroatoms. The molecule has 3 amide bonds. The Bertz CT molecular complexity index is 1190. The van der Waals surface area contributed by atoms with Crippen LogP contribution in [0.1, 0.15) is 43.2 Å². The molecule has 0 saturated heterocycles. The molecular formula is C27H33N3O6S. The summed E-state index contributed by atoms with van der Waals surface area (Å²) < 4.78 is 23.4. The highest BCUT2D eigenvalue weighted by Crippen LogP contribution is 2.34. The van der Waals surface area contributed by atoms with Crippen molar-refractivity contribution in [2.24, 2.45) is 0 Å². The minimum atomic E-state index is -1.77. The molecule has 1 atom stereocenters. The zero-order valence-electron chi connectivity index (χ0n) is 21.2. The van der Waals surface area contributed by atoms with Gasteiger partial charge in [0.2, 0.25) is 24.5 Å². The highest BCUT2D eigenvalue weighted by molar-refractivity contribution is 7.86. The maximum absolute atomic E-state index is 13.3. The fraction of sp³-hybridized carbons (Fsp3) is 0.444. The molecule has 198 valence electrons. The Hall–Kier alpha value is -3.40. The third kappa shape index (κ3) is 7.31. The summed E-state index contributed by atoms with van der Waals surface area (Å²) in [5.74, 6) is -0.822. The monoisotopic (exact) mass is 527 g/mol. The molecule has 1 saturated carbocycles. The summed E-state index contributed by atoms with van der Waals surface area (Å²) in [5.41, 5.74) is 2.85. The lowest BCUT2D eigenvalue weighted by Gasteiger charge is -2.27. The number of aryl methyl sites for hydroxylation is 2. The van der Waals surface area contributed by atoms with Crippen LogP contribution in [0.25, 0.3) is 0 Å². The van der Waals surface area contributed by atoms with E-state index in [1.807, 2.05) is 32.0 Å². The number of hydrogen-bond donors (Lipinski definition) is 2. The fourth-order valence-electron chi connectivity index (χ4n) is 4.57. The molecule has 0 unspecified atom stereocenters. The van der Waals surface area contributed by atoms with Crippen LogP contribution >= 0.6 is 0 Å². The minimum absolute atomic E-state index is 0.116. The Morgan fingerprint density at radius 3 is 2.49 bits per heavy atom. The van der Waals surface area contributed by atoms with Gasteiger partial charge in [-0.15, -0.1) is 0 Å². The molecule has 2 aliphatic rings. The first-order valence-electron chi connectivity index (χ1n) is 12.5. The van der Waals surface area contributed by atoms with Crippen LogP contribution < -0.4 is 25.0 Å². The normalized spacial score (nSPS) is 15.6. The SMILES string of the molecule is Cc1ccc(C)c(N(CC(=O)NC2CCCCC2)C(=O)C[S@](=O)CC(=O)Nc2ccc3c(c2)OCO3)c1. The number of fused-ring (bicyclic) bond motifs is 1. The molecule has 4 rings (SSSR count). The number of amides is 3. The van der Waals surface area contributed by atoms with Gasteiger partial charge < -0.3 is 25.0 Å². The molecule has 0 radical (unpaired) electrons. The maximum Gasteiger partial charge on any atom is 0.240 e. The van der Waals surface area contributed by atoms with Crippen molar-refractivity contribution in [3.8, 4) is 11.5 Å². The quantitative estimate of drug-likeness (QED) is 0.518. The molecule has 1 heterocycles. The van der Waals surface area contributed by atoms with E-state index < -0.39 is 22.6 Å². The Morgan fingerprint density at radius 1 is 0.946 bits per heavy atom. The zero-order valence-corrected chi connectivity index (χ0v) is 22.0. The lowest BCUT2D eigenvalue weighted by atomic mass is 9.95. The summed E-state index contributed by atoms with van der Waals surface area (Å²) in [6.45, 7) is 3.73. The van der Waals surface area contributed by atoms with E-state index in [9.17, 15) is 18.6 Å². The van der Waals surface area contributed by atoms with E-state index in [1.165, 1.54) is 11.3 Å². The van der Waals surface area contributed by atoms with Gasteiger partial charge in [-0.2, -0.15) is 0 Å². The summed E-state index contributed by atoms with van der Waals surface area (Å²) in [5, 5.41) is 5.72. The van der Waals surface area contributed by atoms with Crippen LogP contribution in [0.5, 0.6) is 11.5 Å². The van der Waals surface area contributed by atoms with Gasteiger partial charge in [0.25, 0.3) is 0 Å². The third-order valence-electron chi connectivity index (χ3n) is 6.46. The van der Waals surface area contributed by atoms with E-state index >= 15 is 0 Å². The smallest absolute Gasteiger partial charge is 0.240 e. The number of nitrogens with one attached hydrogen (secondary N) is 2. The predicted octanol–water partition coefficient (Wildman–Crippen LogP) is 3.20. The summed E-state index contributed by atoms with van der Waals surface area (Å²) in [6, 6.07) is 10.7. The van der Waals surface area contributed by atoms with E-state index in [0.29, 0.717) is 22.9 Å². The summed E-state index contributed by atoms with van der Waals surface area (Å²) in [4.78, 5) is 40.0. The minimum Gasteiger partial charge on any atom is -0.454 e. The van der Waals surface area contributed by atoms with Crippen molar-refractivity contribution in [1.29, 1.82) is 0 Å². The Labute approximate surface area is 219 Å². The van der Waals surface area contributed by atoms with Crippen LogP contribution in [0.15, 0.2) is 36.4 Å². The average Bonchev–Trinajstić information content (AvgIpc) is 3.32. The second-order valence-electron chi connectivity index (χ2n) is 9.52. The topological polar surface area (TPSA) is 114 Å². The van der Waals surface area contributed by atoms with Crippen LogP contribution in [0.4, 0.5) is 11.4 Å². The molecule has 1 aliphatic carbocycles. The van der Waals surface area contributed by atoms with Crippen LogP contribution in [0, 0.1) is 13.8 Å². The molecule has 0 bridgehead atoms. The van der Waals surface area contributed by atoms with Gasteiger partial charge in [-0.25, -0.2) is 0 Å². The number of carbonyl (C=O) groups excluding carboxylic acids is 3. The van der Waals surface area contributed by atoms with Gasteiger partial charge in [-0.05, 0) is 56.0 Å². The highest BCUT2D eigenvalue weighted by Gasteiger charge is 2.25. The molecule has 2 aromatic carbocycles. The number of ether oxygens (including phenoxy) is 2. The lowest BCUT2D eigenvalue weighted by molar-refractivity contribution is -0.123. The standard InChI is InChI=1S/C27H33N3O6S/c1-18-8-9-19(2)22(12-18)30(14-25(31)28-20-6-4-3-5-7-20)27(33)16-37(34)15-26(32)29-21-10-11-23-24(13-21)36-17-35-23/h8-13,20H,3-7,14-17H2,1-2H3,(H,28,31)(H,29,32)/t37-/m1/s1. The summed E-state index contributed by atoms with van der Waals surface area (Å²) >= 11 is 0. The van der Waals surface area contributed by atoms with Gasteiger partial charge in [0.15, 0.2) is 11.5 Å². The van der Waals surface area contributed by atoms with Crippen LogP contribution in [-0.2, 0) is 25.2 Å². The van der Waals surface area contributed by atoms with Crippen LogP contribution in [0.3, 0.4) is 0 Å². The first-order chi connectivity index (χ1) is 17.8. The molecule has 1 fully saturated rings. The van der Waals surface area contributed by atoms with E-state index in [0.717, 1.165) is 36.8 Å². The molecule has 2 aromatic rings. The number of carbonyl (C=O) groups is 3. The second-order valence-corrected chi connectivity index (χ2v) is 11.0. The van der Waals surface area contributed by atoms with Gasteiger partial charge in [0, 0.05) is 34.3 Å². The molecule has 37 heavy (non-hydrogen) atoms. The van der Waals surface area contributed by atoms with E-state index in [1.54, 1.807) is 18.2 Å².